The van der Waals surface area contributed by atoms with Gasteiger partial charge < -0.3 is 10.2 Å². The number of piperidine rings is 2. The molecule has 7 heteroatoms. The number of aryl methyl sites for hydroxylation is 2. The number of amides is 1. The van der Waals surface area contributed by atoms with Gasteiger partial charge in [0.2, 0.25) is 0 Å². The molecule has 3 fully saturated rings. The van der Waals surface area contributed by atoms with E-state index in [9.17, 15) is 9.18 Å². The van der Waals surface area contributed by atoms with Gasteiger partial charge in [-0.25, -0.2) is 19.3 Å². The zero-order valence-electron chi connectivity index (χ0n) is 18.3. The third-order valence-corrected chi connectivity index (χ3v) is 6.55. The van der Waals surface area contributed by atoms with Gasteiger partial charge >= 0.3 is 0 Å². The smallest absolute Gasteiger partial charge is 0.254 e. The van der Waals surface area contributed by atoms with Crippen LogP contribution in [0.1, 0.15) is 40.7 Å². The SMILES string of the molecule is Cc1cnc(NC2CC3CCC2N(C(=O)c2cc(C)ccc2-c2ncccn2)C3)c(F)c1. The Morgan fingerprint density at radius 3 is 2.66 bits per heavy atom. The lowest BCUT2D eigenvalue weighted by atomic mass is 9.76. The first-order valence-electron chi connectivity index (χ1n) is 11.1. The standard InChI is InChI=1S/C25H26FN5O/c1-15-4-6-18(23-27-8-3-9-28-23)19(10-15)25(32)31-14-17-5-7-22(31)21(12-17)30-24-20(26)11-16(2)13-29-24/h3-4,6,8-11,13,17,21-22H,5,7,12,14H2,1-2H3,(H,29,30). The first-order chi connectivity index (χ1) is 15.5. The van der Waals surface area contributed by atoms with Crippen LogP contribution in [0.15, 0.2) is 48.9 Å². The van der Waals surface area contributed by atoms with Gasteiger partial charge in [-0.15, -0.1) is 0 Å². The molecular weight excluding hydrogens is 405 g/mol. The molecule has 2 saturated heterocycles. The molecule has 2 aromatic heterocycles. The summed E-state index contributed by atoms with van der Waals surface area (Å²) in [5.41, 5.74) is 3.14. The van der Waals surface area contributed by atoms with E-state index < -0.39 is 0 Å². The lowest BCUT2D eigenvalue weighted by molar-refractivity contribution is 0.0282. The van der Waals surface area contributed by atoms with Gasteiger partial charge in [0.05, 0.1) is 11.6 Å². The van der Waals surface area contributed by atoms with Crippen molar-refractivity contribution in [2.75, 3.05) is 11.9 Å². The minimum absolute atomic E-state index is 0.0138. The highest BCUT2D eigenvalue weighted by Crippen LogP contribution is 2.38. The van der Waals surface area contributed by atoms with Crippen LogP contribution in [-0.2, 0) is 0 Å². The van der Waals surface area contributed by atoms with E-state index in [-0.39, 0.29) is 29.6 Å². The van der Waals surface area contributed by atoms with Crippen molar-refractivity contribution in [2.45, 2.75) is 45.2 Å². The van der Waals surface area contributed by atoms with Crippen LogP contribution >= 0.6 is 0 Å². The highest BCUT2D eigenvalue weighted by molar-refractivity contribution is 6.00. The molecule has 1 saturated carbocycles. The molecule has 2 aliphatic heterocycles. The fourth-order valence-corrected chi connectivity index (χ4v) is 5.02. The Balaban J connectivity index is 1.45. The molecule has 2 bridgehead atoms. The molecule has 0 radical (unpaired) electrons. The Kier molecular flexibility index (Phi) is 5.33. The third kappa shape index (κ3) is 3.83. The van der Waals surface area contributed by atoms with Gasteiger partial charge in [-0.3, -0.25) is 4.79 Å². The molecule has 6 rings (SSSR count). The number of carbonyl (C=O) groups excluding carboxylic acids is 1. The van der Waals surface area contributed by atoms with Gasteiger partial charge in [0.25, 0.3) is 5.91 Å². The Morgan fingerprint density at radius 1 is 1.09 bits per heavy atom. The minimum Gasteiger partial charge on any atom is -0.363 e. The molecule has 164 valence electrons. The van der Waals surface area contributed by atoms with E-state index in [2.05, 4.69) is 20.3 Å². The number of fused-ring (bicyclic) bond motifs is 3. The fourth-order valence-electron chi connectivity index (χ4n) is 5.02. The number of anilines is 1. The summed E-state index contributed by atoms with van der Waals surface area (Å²) in [7, 11) is 0. The van der Waals surface area contributed by atoms with Gasteiger partial charge in [0.1, 0.15) is 0 Å². The maximum Gasteiger partial charge on any atom is 0.254 e. The number of benzene rings is 1. The molecule has 1 aliphatic carbocycles. The predicted octanol–water partition coefficient (Wildman–Crippen LogP) is 4.40. The molecular formula is C25H26FN5O. The monoisotopic (exact) mass is 431 g/mol. The highest BCUT2D eigenvalue weighted by atomic mass is 19.1. The molecule has 1 aromatic carbocycles. The normalized spacial score (nSPS) is 22.1. The van der Waals surface area contributed by atoms with E-state index in [1.807, 2.05) is 36.9 Å². The van der Waals surface area contributed by atoms with Crippen molar-refractivity contribution in [1.82, 2.24) is 19.9 Å². The fraction of sp³-hybridized carbons (Fsp3) is 0.360. The maximum absolute atomic E-state index is 14.4. The van der Waals surface area contributed by atoms with E-state index in [1.165, 1.54) is 6.07 Å². The second kappa shape index (κ2) is 8.30. The van der Waals surface area contributed by atoms with Crippen LogP contribution < -0.4 is 5.32 Å². The summed E-state index contributed by atoms with van der Waals surface area (Å²) in [6, 6.07) is 9.01. The number of carbonyl (C=O) groups is 1. The molecule has 4 heterocycles. The summed E-state index contributed by atoms with van der Waals surface area (Å²) in [5.74, 6) is 0.811. The number of pyridine rings is 1. The lowest BCUT2D eigenvalue weighted by Gasteiger charge is -2.50. The maximum atomic E-state index is 14.4. The van der Waals surface area contributed by atoms with Crippen LogP contribution in [0.3, 0.4) is 0 Å². The number of rotatable bonds is 4. The molecule has 3 atom stereocenters. The van der Waals surface area contributed by atoms with E-state index in [4.69, 9.17) is 0 Å². The Labute approximate surface area is 186 Å². The lowest BCUT2D eigenvalue weighted by Crippen LogP contribution is -2.60. The number of hydrogen-bond acceptors (Lipinski definition) is 5. The van der Waals surface area contributed by atoms with Crippen LogP contribution in [0.2, 0.25) is 0 Å². The van der Waals surface area contributed by atoms with Gasteiger partial charge in [-0.1, -0.05) is 17.7 Å². The van der Waals surface area contributed by atoms with Crippen molar-refractivity contribution in [3.8, 4) is 11.4 Å². The Bertz CT molecular complexity index is 1150. The number of nitrogens with one attached hydrogen (secondary N) is 1. The van der Waals surface area contributed by atoms with Crippen LogP contribution in [0, 0.1) is 25.6 Å². The molecule has 3 unspecified atom stereocenters. The zero-order valence-corrected chi connectivity index (χ0v) is 18.3. The first kappa shape index (κ1) is 20.5. The molecule has 0 spiro atoms. The average Bonchev–Trinajstić information content (AvgIpc) is 2.81. The quantitative estimate of drug-likeness (QED) is 0.663. The number of hydrogen-bond donors (Lipinski definition) is 1. The van der Waals surface area contributed by atoms with Crippen LogP contribution in [0.25, 0.3) is 11.4 Å². The van der Waals surface area contributed by atoms with Gasteiger partial charge in [0, 0.05) is 36.7 Å². The Hall–Kier alpha value is -3.35. The predicted molar refractivity (Wildman–Crippen MR) is 121 cm³/mol. The molecule has 3 aliphatic rings. The summed E-state index contributed by atoms with van der Waals surface area (Å²) in [6.45, 7) is 4.51. The van der Waals surface area contributed by atoms with Crippen LogP contribution in [-0.4, -0.2) is 44.4 Å². The van der Waals surface area contributed by atoms with E-state index >= 15 is 0 Å². The summed E-state index contributed by atoms with van der Waals surface area (Å²) < 4.78 is 14.4. The zero-order chi connectivity index (χ0) is 22.2. The molecule has 1 N–H and O–H groups in total. The first-order valence-corrected chi connectivity index (χ1v) is 11.1. The van der Waals surface area contributed by atoms with Gasteiger partial charge in [-0.05, 0) is 62.8 Å². The van der Waals surface area contributed by atoms with Crippen molar-refractivity contribution in [3.63, 3.8) is 0 Å². The molecule has 32 heavy (non-hydrogen) atoms. The summed E-state index contributed by atoms with van der Waals surface area (Å²) in [5, 5.41) is 3.30. The summed E-state index contributed by atoms with van der Waals surface area (Å²) >= 11 is 0. The second-order valence-corrected chi connectivity index (χ2v) is 8.92. The van der Waals surface area contributed by atoms with E-state index in [1.54, 1.807) is 24.7 Å². The number of halogens is 1. The van der Waals surface area contributed by atoms with Gasteiger partial charge in [0.15, 0.2) is 17.5 Å². The van der Waals surface area contributed by atoms with Crippen LogP contribution in [0.5, 0.6) is 0 Å². The van der Waals surface area contributed by atoms with Gasteiger partial charge in [-0.2, -0.15) is 0 Å². The van der Waals surface area contributed by atoms with Crippen molar-refractivity contribution >= 4 is 11.7 Å². The Morgan fingerprint density at radius 2 is 1.91 bits per heavy atom. The minimum atomic E-state index is -0.355. The van der Waals surface area contributed by atoms with Crippen molar-refractivity contribution < 1.29 is 9.18 Å². The van der Waals surface area contributed by atoms with Crippen molar-refractivity contribution in [3.05, 3.63) is 71.4 Å². The van der Waals surface area contributed by atoms with Crippen molar-refractivity contribution in [1.29, 1.82) is 0 Å². The topological polar surface area (TPSA) is 71.0 Å². The number of nitrogens with zero attached hydrogens (tertiary/aromatic N) is 4. The highest BCUT2D eigenvalue weighted by Gasteiger charge is 2.43. The third-order valence-electron chi connectivity index (χ3n) is 6.55. The molecule has 1 amide bonds. The largest absolute Gasteiger partial charge is 0.363 e. The van der Waals surface area contributed by atoms with E-state index in [0.29, 0.717) is 23.9 Å². The molecule has 3 aromatic rings. The van der Waals surface area contributed by atoms with Crippen LogP contribution in [0.4, 0.5) is 10.2 Å². The summed E-state index contributed by atoms with van der Waals surface area (Å²) in [4.78, 5) is 28.7. The van der Waals surface area contributed by atoms with E-state index in [0.717, 1.165) is 36.0 Å². The second-order valence-electron chi connectivity index (χ2n) is 8.92. The van der Waals surface area contributed by atoms with Crippen molar-refractivity contribution in [2.24, 2.45) is 5.92 Å². The average molecular weight is 432 g/mol. The number of aromatic nitrogens is 3. The summed E-state index contributed by atoms with van der Waals surface area (Å²) in [6.07, 6.45) is 7.91. The molecule has 6 nitrogen and oxygen atoms in total.